The number of hydrogen-bond donors (Lipinski definition) is 0. The molecule has 0 N–H and O–H groups in total. The van der Waals surface area contributed by atoms with Crippen molar-refractivity contribution in [3.8, 4) is 69.0 Å². The highest BCUT2D eigenvalue weighted by molar-refractivity contribution is 6.12. The first-order valence-electron chi connectivity index (χ1n) is 20.4. The summed E-state index contributed by atoms with van der Waals surface area (Å²) in [6.07, 6.45) is 9.26. The Bertz CT molecular complexity index is 3490. The van der Waals surface area contributed by atoms with Crippen molar-refractivity contribution in [3.05, 3.63) is 205 Å². The van der Waals surface area contributed by atoms with Gasteiger partial charge in [-0.15, -0.1) is 6.42 Å². The second-order valence-electron chi connectivity index (χ2n) is 15.3. The van der Waals surface area contributed by atoms with Crippen molar-refractivity contribution in [2.24, 2.45) is 0 Å². The molecule has 286 valence electrons. The Morgan fingerprint density at radius 3 is 1.52 bits per heavy atom. The summed E-state index contributed by atoms with van der Waals surface area (Å²) in [5, 5.41) is 4.85. The fourth-order valence-corrected chi connectivity index (χ4v) is 8.67. The van der Waals surface area contributed by atoms with E-state index in [1.54, 1.807) is 6.08 Å². The van der Waals surface area contributed by atoms with E-state index in [2.05, 4.69) is 204 Å². The molecular formula is C56H37N5. The van der Waals surface area contributed by atoms with Crippen LogP contribution >= 0.6 is 0 Å². The summed E-state index contributed by atoms with van der Waals surface area (Å²) in [6.45, 7) is 2.07. The maximum absolute atomic E-state index is 5.59. The van der Waals surface area contributed by atoms with E-state index in [1.165, 1.54) is 32.6 Å². The van der Waals surface area contributed by atoms with Crippen LogP contribution in [0, 0.1) is 19.3 Å². The van der Waals surface area contributed by atoms with Gasteiger partial charge in [0, 0.05) is 49.6 Å². The monoisotopic (exact) mass is 779 g/mol. The quantitative estimate of drug-likeness (QED) is 0.151. The van der Waals surface area contributed by atoms with Crippen molar-refractivity contribution in [1.82, 2.24) is 24.1 Å². The highest BCUT2D eigenvalue weighted by Gasteiger charge is 2.18. The Balaban J connectivity index is 1.06. The Kier molecular flexibility index (Phi) is 8.69. The highest BCUT2D eigenvalue weighted by atomic mass is 15.0. The van der Waals surface area contributed by atoms with Gasteiger partial charge in [-0.2, -0.15) is 0 Å². The number of aryl methyl sites for hydroxylation is 1. The molecule has 0 aliphatic carbocycles. The van der Waals surface area contributed by atoms with E-state index >= 15 is 0 Å². The van der Waals surface area contributed by atoms with E-state index in [-0.39, 0.29) is 0 Å². The zero-order valence-corrected chi connectivity index (χ0v) is 33.4. The Hall–Kier alpha value is -8.33. The van der Waals surface area contributed by atoms with Crippen LogP contribution in [0.4, 0.5) is 0 Å². The summed E-state index contributed by atoms with van der Waals surface area (Å²) in [5.74, 6) is 4.39. The Morgan fingerprint density at radius 2 is 0.885 bits per heavy atom. The van der Waals surface area contributed by atoms with Gasteiger partial charge < -0.3 is 9.13 Å². The van der Waals surface area contributed by atoms with Crippen LogP contribution in [-0.4, -0.2) is 24.1 Å². The molecule has 0 fully saturated rings. The third-order valence-corrected chi connectivity index (χ3v) is 11.6. The van der Waals surface area contributed by atoms with Crippen LogP contribution in [0.25, 0.3) is 106 Å². The van der Waals surface area contributed by atoms with E-state index in [9.17, 15) is 0 Å². The third-order valence-electron chi connectivity index (χ3n) is 11.6. The fourth-order valence-electron chi connectivity index (χ4n) is 8.67. The minimum Gasteiger partial charge on any atom is -0.309 e. The lowest BCUT2D eigenvalue weighted by Crippen LogP contribution is -2.01. The lowest BCUT2D eigenvalue weighted by molar-refractivity contribution is 1.07. The van der Waals surface area contributed by atoms with E-state index in [0.717, 1.165) is 61.4 Å². The summed E-state index contributed by atoms with van der Waals surface area (Å²) in [6, 6.07) is 66.3. The number of aromatic nitrogens is 5. The zero-order chi connectivity index (χ0) is 40.9. The first kappa shape index (κ1) is 35.8. The molecule has 8 aromatic carbocycles. The summed E-state index contributed by atoms with van der Waals surface area (Å²) < 4.78 is 4.73. The number of rotatable bonds is 7. The molecule has 3 heterocycles. The van der Waals surface area contributed by atoms with Gasteiger partial charge in [-0.25, -0.2) is 15.0 Å². The summed E-state index contributed by atoms with van der Waals surface area (Å²) in [5.41, 5.74) is 13.8. The van der Waals surface area contributed by atoms with Crippen LogP contribution in [0.5, 0.6) is 0 Å². The average molecular weight is 780 g/mol. The molecule has 0 unspecified atom stereocenters. The molecule has 0 aliphatic heterocycles. The lowest BCUT2D eigenvalue weighted by Gasteiger charge is -2.13. The summed E-state index contributed by atoms with van der Waals surface area (Å²) in [7, 11) is 0. The minimum atomic E-state index is 0.586. The average Bonchev–Trinajstić information content (AvgIpc) is 3.84. The number of nitrogens with zero attached hydrogens (tertiary/aromatic N) is 5. The van der Waals surface area contributed by atoms with Gasteiger partial charge in [0.05, 0.1) is 22.1 Å². The molecule has 61 heavy (non-hydrogen) atoms. The second-order valence-corrected chi connectivity index (χ2v) is 15.3. The van der Waals surface area contributed by atoms with E-state index in [1.807, 2.05) is 12.1 Å². The van der Waals surface area contributed by atoms with Crippen LogP contribution in [0.3, 0.4) is 0 Å². The number of allylic oxidation sites excluding steroid dienone is 1. The van der Waals surface area contributed by atoms with Gasteiger partial charge in [0.25, 0.3) is 0 Å². The number of terminal acetylenes is 1. The first-order valence-corrected chi connectivity index (χ1v) is 20.4. The fraction of sp³-hybridized carbons (Fsp3) is 0.0179. The van der Waals surface area contributed by atoms with Gasteiger partial charge in [-0.1, -0.05) is 139 Å². The molecule has 0 amide bonds. The molecule has 5 heteroatoms. The van der Waals surface area contributed by atoms with Gasteiger partial charge in [0.15, 0.2) is 17.5 Å². The van der Waals surface area contributed by atoms with Crippen molar-refractivity contribution >= 4 is 49.7 Å². The maximum atomic E-state index is 5.59. The molecule has 11 rings (SSSR count). The molecule has 0 saturated carbocycles. The van der Waals surface area contributed by atoms with E-state index < -0.39 is 0 Å². The second kappa shape index (κ2) is 14.8. The van der Waals surface area contributed by atoms with Crippen LogP contribution in [0.15, 0.2) is 194 Å². The van der Waals surface area contributed by atoms with Gasteiger partial charge in [-0.05, 0) is 95.9 Å². The van der Waals surface area contributed by atoms with E-state index in [0.29, 0.717) is 17.5 Å². The molecule has 0 aliphatic rings. The molecule has 0 spiro atoms. The van der Waals surface area contributed by atoms with E-state index in [4.69, 9.17) is 21.4 Å². The molecule has 0 atom stereocenters. The predicted molar refractivity (Wildman–Crippen MR) is 253 cm³/mol. The van der Waals surface area contributed by atoms with Crippen molar-refractivity contribution in [1.29, 1.82) is 0 Å². The number of benzene rings is 8. The SMILES string of the molecule is C#C/C=C\c1cc(-c2nc(-c3ccc(-c4ccccc4)cc3)nc(-c3cccc(-n4c5ccccc5c5cc(-n6c7ccccc7c7ccccc76)ccc54)c3)n2)ccc1C. The number of hydrogen-bond acceptors (Lipinski definition) is 3. The van der Waals surface area contributed by atoms with Crippen molar-refractivity contribution in [3.63, 3.8) is 0 Å². The molecule has 5 nitrogen and oxygen atoms in total. The van der Waals surface area contributed by atoms with Crippen molar-refractivity contribution < 1.29 is 0 Å². The molecule has 0 radical (unpaired) electrons. The van der Waals surface area contributed by atoms with Crippen LogP contribution in [0.1, 0.15) is 11.1 Å². The first-order chi connectivity index (χ1) is 30.1. The lowest BCUT2D eigenvalue weighted by atomic mass is 10.0. The highest BCUT2D eigenvalue weighted by Crippen LogP contribution is 2.38. The topological polar surface area (TPSA) is 48.5 Å². The number of fused-ring (bicyclic) bond motifs is 6. The summed E-state index contributed by atoms with van der Waals surface area (Å²) >= 11 is 0. The molecular weight excluding hydrogens is 743 g/mol. The van der Waals surface area contributed by atoms with Gasteiger partial charge >= 0.3 is 0 Å². The third kappa shape index (κ3) is 6.26. The maximum Gasteiger partial charge on any atom is 0.164 e. The van der Waals surface area contributed by atoms with Gasteiger partial charge in [-0.3, -0.25) is 0 Å². The largest absolute Gasteiger partial charge is 0.309 e. The zero-order valence-electron chi connectivity index (χ0n) is 33.4. The molecule has 11 aromatic rings. The van der Waals surface area contributed by atoms with Crippen LogP contribution in [0.2, 0.25) is 0 Å². The molecule has 0 saturated heterocycles. The van der Waals surface area contributed by atoms with Gasteiger partial charge in [0.2, 0.25) is 0 Å². The van der Waals surface area contributed by atoms with Crippen molar-refractivity contribution in [2.75, 3.05) is 0 Å². The predicted octanol–water partition coefficient (Wildman–Crippen LogP) is 13.7. The summed E-state index contributed by atoms with van der Waals surface area (Å²) in [4.78, 5) is 15.4. The smallest absolute Gasteiger partial charge is 0.164 e. The van der Waals surface area contributed by atoms with Gasteiger partial charge in [0.1, 0.15) is 0 Å². The molecule has 3 aromatic heterocycles. The standard InChI is InChI=1S/C56H37N5/c1-3-4-15-41-34-43(27-26-37(41)2)56-58-54(40-30-28-39(29-31-40)38-16-6-5-7-17-38)57-55(59-56)42-18-14-19-44(35-42)60-52-25-13-10-22-48(52)49-36-45(32-33-53(49)60)61-50-23-11-8-20-46(50)47-21-9-12-24-51(47)61/h1,4-36H,2H3/b15-4-. The normalized spacial score (nSPS) is 11.6. The van der Waals surface area contributed by atoms with Crippen LogP contribution in [-0.2, 0) is 0 Å². The molecule has 0 bridgehead atoms. The Labute approximate surface area is 353 Å². The van der Waals surface area contributed by atoms with Crippen molar-refractivity contribution in [2.45, 2.75) is 6.92 Å². The van der Waals surface area contributed by atoms with Crippen LogP contribution < -0.4 is 0 Å². The minimum absolute atomic E-state index is 0.586. The Morgan fingerprint density at radius 1 is 0.410 bits per heavy atom. The number of para-hydroxylation sites is 3.